The Kier molecular flexibility index (Phi) is 3.61. The third kappa shape index (κ3) is 2.75. The number of carbonyl (C=O) groups is 1. The summed E-state index contributed by atoms with van der Waals surface area (Å²) in [5.41, 5.74) is 0.628. The van der Waals surface area contributed by atoms with Gasteiger partial charge in [0.2, 0.25) is 0 Å². The van der Waals surface area contributed by atoms with Crippen LogP contribution in [0.3, 0.4) is 0 Å². The summed E-state index contributed by atoms with van der Waals surface area (Å²) < 4.78 is 0. The molecule has 4 heteroatoms. The third-order valence-corrected chi connectivity index (χ3v) is 3.46. The molecule has 2 rings (SSSR count). The van der Waals surface area contributed by atoms with E-state index in [1.165, 1.54) is 12.8 Å². The van der Waals surface area contributed by atoms with E-state index in [2.05, 4.69) is 22.5 Å². The Balaban J connectivity index is 1.99. The van der Waals surface area contributed by atoms with Crippen molar-refractivity contribution in [2.45, 2.75) is 32.2 Å². The minimum Gasteiger partial charge on any atom is -0.373 e. The van der Waals surface area contributed by atoms with Crippen molar-refractivity contribution in [2.75, 3.05) is 12.4 Å². The van der Waals surface area contributed by atoms with Crippen LogP contribution in [0.5, 0.6) is 0 Å². The molecule has 1 amide bonds. The van der Waals surface area contributed by atoms with Crippen molar-refractivity contribution in [1.29, 1.82) is 0 Å². The van der Waals surface area contributed by atoms with E-state index in [0.717, 1.165) is 12.2 Å². The quantitative estimate of drug-likeness (QED) is 0.840. The molecule has 92 valence electrons. The van der Waals surface area contributed by atoms with Gasteiger partial charge in [0.05, 0.1) is 5.56 Å². The molecule has 1 aromatic heterocycles. The molecule has 1 aromatic rings. The average Bonchev–Trinajstić information content (AvgIpc) is 2.75. The molecule has 1 aliphatic carbocycles. The Morgan fingerprint density at radius 1 is 1.41 bits per heavy atom. The van der Waals surface area contributed by atoms with E-state index in [0.29, 0.717) is 17.5 Å². The Hall–Kier alpha value is -1.58. The number of aromatic nitrogens is 1. The van der Waals surface area contributed by atoms with Gasteiger partial charge in [0.25, 0.3) is 5.91 Å². The molecule has 0 saturated heterocycles. The fourth-order valence-corrected chi connectivity index (χ4v) is 2.29. The molecule has 17 heavy (non-hydrogen) atoms. The Morgan fingerprint density at radius 2 is 2.24 bits per heavy atom. The third-order valence-electron chi connectivity index (χ3n) is 3.46. The lowest BCUT2D eigenvalue weighted by Gasteiger charge is -2.17. The van der Waals surface area contributed by atoms with Gasteiger partial charge in [-0.05, 0) is 30.9 Å². The van der Waals surface area contributed by atoms with Gasteiger partial charge in [-0.25, -0.2) is 4.98 Å². The van der Waals surface area contributed by atoms with Gasteiger partial charge in [0.15, 0.2) is 0 Å². The number of hydrogen-bond acceptors (Lipinski definition) is 3. The zero-order valence-corrected chi connectivity index (χ0v) is 10.4. The van der Waals surface area contributed by atoms with Crippen molar-refractivity contribution in [3.05, 3.63) is 23.9 Å². The maximum absolute atomic E-state index is 12.0. The van der Waals surface area contributed by atoms with Crippen molar-refractivity contribution in [2.24, 2.45) is 5.92 Å². The van der Waals surface area contributed by atoms with E-state index in [-0.39, 0.29) is 5.91 Å². The largest absolute Gasteiger partial charge is 0.373 e. The number of hydrogen-bond donors (Lipinski definition) is 2. The highest BCUT2D eigenvalue weighted by atomic mass is 16.1. The summed E-state index contributed by atoms with van der Waals surface area (Å²) in [7, 11) is 1.81. The Morgan fingerprint density at radius 3 is 2.76 bits per heavy atom. The molecule has 1 fully saturated rings. The normalized spacial score (nSPS) is 23.4. The van der Waals surface area contributed by atoms with Crippen LogP contribution in [-0.4, -0.2) is 24.0 Å². The van der Waals surface area contributed by atoms with Gasteiger partial charge in [-0.1, -0.05) is 13.3 Å². The second-order valence-corrected chi connectivity index (χ2v) is 4.67. The van der Waals surface area contributed by atoms with E-state index in [1.54, 1.807) is 12.3 Å². The molecule has 4 nitrogen and oxygen atoms in total. The predicted molar refractivity (Wildman–Crippen MR) is 68.1 cm³/mol. The van der Waals surface area contributed by atoms with Crippen LogP contribution in [0.1, 0.15) is 36.5 Å². The summed E-state index contributed by atoms with van der Waals surface area (Å²) in [4.78, 5) is 16.1. The van der Waals surface area contributed by atoms with Crippen LogP contribution >= 0.6 is 0 Å². The fraction of sp³-hybridized carbons (Fsp3) is 0.538. The molecule has 0 aliphatic heterocycles. The Labute approximate surface area is 102 Å². The number of carbonyl (C=O) groups excluding carboxylic acids is 1. The SMILES string of the molecule is CNc1ccc(C(=O)NC2CCCC2C)cn1. The predicted octanol–water partition coefficient (Wildman–Crippen LogP) is 2.04. The monoisotopic (exact) mass is 233 g/mol. The van der Waals surface area contributed by atoms with Crippen molar-refractivity contribution in [3.63, 3.8) is 0 Å². The summed E-state index contributed by atoms with van der Waals surface area (Å²) in [6.07, 6.45) is 5.13. The molecule has 0 bridgehead atoms. The first kappa shape index (κ1) is 11.9. The molecule has 0 aromatic carbocycles. The zero-order valence-electron chi connectivity index (χ0n) is 10.4. The van der Waals surface area contributed by atoms with Crippen molar-refractivity contribution >= 4 is 11.7 Å². The summed E-state index contributed by atoms with van der Waals surface area (Å²) in [5.74, 6) is 1.35. The lowest BCUT2D eigenvalue weighted by molar-refractivity contribution is 0.0929. The van der Waals surface area contributed by atoms with Gasteiger partial charge in [0, 0.05) is 19.3 Å². The summed E-state index contributed by atoms with van der Waals surface area (Å²) in [5, 5.41) is 6.01. The molecular formula is C13H19N3O. The maximum Gasteiger partial charge on any atom is 0.253 e. The van der Waals surface area contributed by atoms with Crippen molar-refractivity contribution in [3.8, 4) is 0 Å². The smallest absolute Gasteiger partial charge is 0.253 e. The summed E-state index contributed by atoms with van der Waals surface area (Å²) in [6.45, 7) is 2.19. The second kappa shape index (κ2) is 5.17. The molecule has 1 saturated carbocycles. The number of pyridine rings is 1. The van der Waals surface area contributed by atoms with E-state index in [1.807, 2.05) is 13.1 Å². The molecule has 2 unspecified atom stereocenters. The van der Waals surface area contributed by atoms with Gasteiger partial charge < -0.3 is 10.6 Å². The molecule has 1 aliphatic rings. The van der Waals surface area contributed by atoms with Gasteiger partial charge in [-0.15, -0.1) is 0 Å². The van der Waals surface area contributed by atoms with Gasteiger partial charge in [-0.2, -0.15) is 0 Å². The van der Waals surface area contributed by atoms with Crippen LogP contribution in [0.15, 0.2) is 18.3 Å². The molecule has 2 atom stereocenters. The van der Waals surface area contributed by atoms with E-state index in [9.17, 15) is 4.79 Å². The topological polar surface area (TPSA) is 54.0 Å². The van der Waals surface area contributed by atoms with Crippen molar-refractivity contribution in [1.82, 2.24) is 10.3 Å². The van der Waals surface area contributed by atoms with E-state index < -0.39 is 0 Å². The average molecular weight is 233 g/mol. The number of nitrogens with zero attached hydrogens (tertiary/aromatic N) is 1. The zero-order chi connectivity index (χ0) is 12.3. The molecular weight excluding hydrogens is 214 g/mol. The van der Waals surface area contributed by atoms with Crippen LogP contribution in [-0.2, 0) is 0 Å². The summed E-state index contributed by atoms with van der Waals surface area (Å²) >= 11 is 0. The molecule has 2 N–H and O–H groups in total. The maximum atomic E-state index is 12.0. The lowest BCUT2D eigenvalue weighted by atomic mass is 10.1. The van der Waals surface area contributed by atoms with Gasteiger partial charge in [-0.3, -0.25) is 4.79 Å². The standard InChI is InChI=1S/C13H19N3O/c1-9-4-3-5-11(9)16-13(17)10-6-7-12(14-2)15-8-10/h6-9,11H,3-5H2,1-2H3,(H,14,15)(H,16,17). The molecule has 0 spiro atoms. The van der Waals surface area contributed by atoms with Crippen LogP contribution in [0, 0.1) is 5.92 Å². The van der Waals surface area contributed by atoms with Crippen molar-refractivity contribution < 1.29 is 4.79 Å². The van der Waals surface area contributed by atoms with Crippen LogP contribution < -0.4 is 10.6 Å². The van der Waals surface area contributed by atoms with Crippen LogP contribution in [0.2, 0.25) is 0 Å². The van der Waals surface area contributed by atoms with E-state index in [4.69, 9.17) is 0 Å². The number of anilines is 1. The Bertz CT molecular complexity index is 388. The minimum absolute atomic E-state index is 0.0149. The molecule has 0 radical (unpaired) electrons. The van der Waals surface area contributed by atoms with Crippen LogP contribution in [0.4, 0.5) is 5.82 Å². The second-order valence-electron chi connectivity index (χ2n) is 4.67. The van der Waals surface area contributed by atoms with Crippen LogP contribution in [0.25, 0.3) is 0 Å². The lowest BCUT2D eigenvalue weighted by Crippen LogP contribution is -2.36. The molecule has 1 heterocycles. The highest BCUT2D eigenvalue weighted by Gasteiger charge is 2.25. The van der Waals surface area contributed by atoms with Gasteiger partial charge >= 0.3 is 0 Å². The highest BCUT2D eigenvalue weighted by Crippen LogP contribution is 2.25. The minimum atomic E-state index is -0.0149. The highest BCUT2D eigenvalue weighted by molar-refractivity contribution is 5.94. The van der Waals surface area contributed by atoms with Gasteiger partial charge in [0.1, 0.15) is 5.82 Å². The summed E-state index contributed by atoms with van der Waals surface area (Å²) in [6, 6.07) is 3.94. The van der Waals surface area contributed by atoms with E-state index >= 15 is 0 Å². The number of nitrogens with one attached hydrogen (secondary N) is 2. The number of amides is 1. The first-order chi connectivity index (χ1) is 8.20. The first-order valence-electron chi connectivity index (χ1n) is 6.15. The fourth-order valence-electron chi connectivity index (χ4n) is 2.29. The first-order valence-corrected chi connectivity index (χ1v) is 6.15. The number of rotatable bonds is 3.